The molecule has 0 aliphatic rings. The van der Waals surface area contributed by atoms with Gasteiger partial charge in [-0.15, -0.1) is 45.3 Å². The van der Waals surface area contributed by atoms with Crippen LogP contribution in [0.4, 0.5) is 4.79 Å². The summed E-state index contributed by atoms with van der Waals surface area (Å²) in [6, 6.07) is 15.8. The van der Waals surface area contributed by atoms with Crippen molar-refractivity contribution in [3.8, 4) is 0 Å². The molecule has 4 aromatic heterocycles. The molecule has 0 unspecified atom stereocenters. The predicted octanol–water partition coefficient (Wildman–Crippen LogP) is 7.19. The Morgan fingerprint density at radius 2 is 1.13 bits per heavy atom. The Hall–Kier alpha value is -2.02. The highest BCUT2D eigenvalue weighted by molar-refractivity contribution is 7.89. The van der Waals surface area contributed by atoms with Crippen LogP contribution < -0.4 is 0 Å². The molecule has 204 valence electrons. The van der Waals surface area contributed by atoms with Crippen molar-refractivity contribution in [1.29, 1.82) is 0 Å². The van der Waals surface area contributed by atoms with Crippen LogP contribution in [0.5, 0.6) is 0 Å². The van der Waals surface area contributed by atoms with E-state index in [1.165, 1.54) is 0 Å². The minimum Gasteiger partial charge on any atom is -0.324 e. The molecule has 38 heavy (non-hydrogen) atoms. The number of amides is 2. The van der Waals surface area contributed by atoms with Gasteiger partial charge in [-0.2, -0.15) is 4.31 Å². The molecule has 0 aromatic carbocycles. The minimum atomic E-state index is -3.62. The Bertz CT molecular complexity index is 1230. The summed E-state index contributed by atoms with van der Waals surface area (Å²) in [5, 5.41) is 7.96. The summed E-state index contributed by atoms with van der Waals surface area (Å²) in [4.78, 5) is 21.7. The molecule has 4 rings (SSSR count). The molecular formula is C27H33N3O3S5. The van der Waals surface area contributed by atoms with E-state index in [2.05, 4.69) is 6.92 Å². The number of sulfonamides is 1. The fourth-order valence-electron chi connectivity index (χ4n) is 3.98. The fourth-order valence-corrected chi connectivity index (χ4v) is 8.41. The molecule has 6 nitrogen and oxygen atoms in total. The summed E-state index contributed by atoms with van der Waals surface area (Å²) in [6.45, 7) is 4.47. The fraction of sp³-hybridized carbons (Fsp3) is 0.370. The number of carbonyl (C=O) groups excluding carboxylic acids is 1. The second-order valence-electron chi connectivity index (χ2n) is 8.88. The van der Waals surface area contributed by atoms with Gasteiger partial charge in [0.05, 0.1) is 18.8 Å². The number of unbranched alkanes of at least 4 members (excludes halogenated alkanes) is 1. The molecule has 0 N–H and O–H groups in total. The smallest absolute Gasteiger partial charge is 0.320 e. The van der Waals surface area contributed by atoms with E-state index in [0.29, 0.717) is 32.7 Å². The molecular weight excluding hydrogens is 575 g/mol. The standard InChI is InChI=1S/C27H33N3O3S5/c1-2-3-12-28(27(31)29(19-23-8-4-14-34-23)20-24-9-5-15-35-24)13-18-38(32,33)30(21-25-10-6-16-36-25)22-26-11-7-17-37-26/h4-11,14-17H,2-3,12-13,18-22H2,1H3. The molecule has 0 aliphatic heterocycles. The van der Waals surface area contributed by atoms with Crippen molar-refractivity contribution in [3.05, 3.63) is 89.6 Å². The molecule has 0 bridgehead atoms. The number of rotatable bonds is 15. The van der Waals surface area contributed by atoms with Gasteiger partial charge in [0.15, 0.2) is 0 Å². The first kappa shape index (κ1) is 29.0. The first-order valence-electron chi connectivity index (χ1n) is 12.6. The van der Waals surface area contributed by atoms with E-state index >= 15 is 0 Å². The van der Waals surface area contributed by atoms with E-state index < -0.39 is 10.0 Å². The average molecular weight is 608 g/mol. The molecule has 0 spiro atoms. The molecule has 0 aliphatic carbocycles. The van der Waals surface area contributed by atoms with Gasteiger partial charge in [-0.3, -0.25) is 0 Å². The van der Waals surface area contributed by atoms with Gasteiger partial charge in [0, 0.05) is 45.7 Å². The highest BCUT2D eigenvalue weighted by Gasteiger charge is 2.28. The molecule has 2 amide bonds. The number of carbonyl (C=O) groups is 1. The topological polar surface area (TPSA) is 60.9 Å². The lowest BCUT2D eigenvalue weighted by Gasteiger charge is -2.31. The number of hydrogen-bond donors (Lipinski definition) is 0. The quantitative estimate of drug-likeness (QED) is 0.144. The molecule has 0 saturated heterocycles. The highest BCUT2D eigenvalue weighted by Crippen LogP contribution is 2.22. The van der Waals surface area contributed by atoms with Crippen LogP contribution in [0, 0.1) is 0 Å². The van der Waals surface area contributed by atoms with Crippen LogP contribution in [0.2, 0.25) is 0 Å². The average Bonchev–Trinajstić information content (AvgIpc) is 3.72. The third-order valence-corrected chi connectivity index (χ3v) is 11.2. The monoisotopic (exact) mass is 607 g/mol. The van der Waals surface area contributed by atoms with Gasteiger partial charge in [0.1, 0.15) is 0 Å². The summed E-state index contributed by atoms with van der Waals surface area (Å²) in [5.41, 5.74) is 0. The van der Waals surface area contributed by atoms with E-state index in [9.17, 15) is 13.2 Å². The normalized spacial score (nSPS) is 11.7. The maximum atomic E-state index is 13.9. The molecule has 0 saturated carbocycles. The minimum absolute atomic E-state index is 0.106. The van der Waals surface area contributed by atoms with Crippen molar-refractivity contribution in [1.82, 2.24) is 14.1 Å². The lowest BCUT2D eigenvalue weighted by Crippen LogP contribution is -2.46. The molecule has 4 aromatic rings. The van der Waals surface area contributed by atoms with Crippen LogP contribution >= 0.6 is 45.3 Å². The summed E-state index contributed by atoms with van der Waals surface area (Å²) >= 11 is 6.36. The molecule has 0 atom stereocenters. The van der Waals surface area contributed by atoms with Crippen LogP contribution in [0.1, 0.15) is 39.3 Å². The Morgan fingerprint density at radius 3 is 1.53 bits per heavy atom. The predicted molar refractivity (Wildman–Crippen MR) is 161 cm³/mol. The van der Waals surface area contributed by atoms with Crippen molar-refractivity contribution in [2.45, 2.75) is 45.9 Å². The maximum Gasteiger partial charge on any atom is 0.320 e. The van der Waals surface area contributed by atoms with E-state index in [-0.39, 0.29) is 18.3 Å². The molecule has 0 radical (unpaired) electrons. The Kier molecular flexibility index (Phi) is 11.0. The zero-order valence-electron chi connectivity index (χ0n) is 21.4. The van der Waals surface area contributed by atoms with Gasteiger partial charge in [-0.1, -0.05) is 37.6 Å². The summed E-state index contributed by atoms with van der Waals surface area (Å²) in [6.07, 6.45) is 1.75. The van der Waals surface area contributed by atoms with E-state index in [1.807, 2.05) is 75.0 Å². The highest BCUT2D eigenvalue weighted by atomic mass is 32.2. The Labute approximate surface area is 241 Å². The van der Waals surface area contributed by atoms with Crippen LogP contribution in [0.3, 0.4) is 0 Å². The van der Waals surface area contributed by atoms with Crippen molar-refractivity contribution in [3.63, 3.8) is 0 Å². The first-order chi connectivity index (χ1) is 18.4. The second-order valence-corrected chi connectivity index (χ2v) is 15.1. The number of nitrogens with zero attached hydrogens (tertiary/aromatic N) is 3. The van der Waals surface area contributed by atoms with Crippen LogP contribution in [0.25, 0.3) is 0 Å². The third kappa shape index (κ3) is 8.49. The number of urea groups is 1. The zero-order valence-corrected chi connectivity index (χ0v) is 25.5. The van der Waals surface area contributed by atoms with E-state index in [4.69, 9.17) is 0 Å². The molecule has 4 heterocycles. The van der Waals surface area contributed by atoms with Gasteiger partial charge >= 0.3 is 6.03 Å². The van der Waals surface area contributed by atoms with Gasteiger partial charge in [-0.25, -0.2) is 13.2 Å². The Balaban J connectivity index is 1.50. The number of thiophene rings is 4. The lowest BCUT2D eigenvalue weighted by molar-refractivity contribution is 0.150. The van der Waals surface area contributed by atoms with Crippen LogP contribution in [0.15, 0.2) is 70.1 Å². The molecule has 0 fully saturated rings. The SMILES string of the molecule is CCCCN(CCS(=O)(=O)N(Cc1cccs1)Cc1cccs1)C(=O)N(Cc1cccs1)Cc1cccs1. The van der Waals surface area contributed by atoms with Crippen molar-refractivity contribution < 1.29 is 13.2 Å². The Morgan fingerprint density at radius 1 is 0.684 bits per heavy atom. The summed E-state index contributed by atoms with van der Waals surface area (Å²) < 4.78 is 28.9. The molecule has 11 heteroatoms. The van der Waals surface area contributed by atoms with E-state index in [1.54, 1.807) is 54.6 Å². The lowest BCUT2D eigenvalue weighted by atomic mass is 10.3. The summed E-state index contributed by atoms with van der Waals surface area (Å²) in [7, 11) is -3.62. The maximum absolute atomic E-state index is 13.9. The first-order valence-corrected chi connectivity index (χ1v) is 17.7. The van der Waals surface area contributed by atoms with Crippen molar-refractivity contribution in [2.75, 3.05) is 18.8 Å². The van der Waals surface area contributed by atoms with Gasteiger partial charge < -0.3 is 9.80 Å². The van der Waals surface area contributed by atoms with Crippen molar-refractivity contribution in [2.24, 2.45) is 0 Å². The summed E-state index contributed by atoms with van der Waals surface area (Å²) in [5.74, 6) is -0.106. The number of hydrogen-bond acceptors (Lipinski definition) is 7. The van der Waals surface area contributed by atoms with Crippen LogP contribution in [-0.4, -0.2) is 47.4 Å². The largest absolute Gasteiger partial charge is 0.324 e. The van der Waals surface area contributed by atoms with Gasteiger partial charge in [-0.05, 0) is 52.2 Å². The van der Waals surface area contributed by atoms with Crippen LogP contribution in [-0.2, 0) is 36.2 Å². The van der Waals surface area contributed by atoms with Gasteiger partial charge in [0.2, 0.25) is 10.0 Å². The zero-order chi connectivity index (χ0) is 26.8. The third-order valence-electron chi connectivity index (χ3n) is 6.01. The van der Waals surface area contributed by atoms with E-state index in [0.717, 1.165) is 32.4 Å². The van der Waals surface area contributed by atoms with Gasteiger partial charge in [0.25, 0.3) is 0 Å². The van der Waals surface area contributed by atoms with Crippen molar-refractivity contribution >= 4 is 61.4 Å². The second kappa shape index (κ2) is 14.4.